The second kappa shape index (κ2) is 5.45. The first-order valence-electron chi connectivity index (χ1n) is 6.12. The summed E-state index contributed by atoms with van der Waals surface area (Å²) in [5.74, 6) is -1.04. The van der Waals surface area contributed by atoms with Gasteiger partial charge in [0.05, 0.1) is 11.4 Å². The Morgan fingerprint density at radius 1 is 1.37 bits per heavy atom. The average molecular weight is 279 g/mol. The van der Waals surface area contributed by atoms with E-state index in [4.69, 9.17) is 11.6 Å². The van der Waals surface area contributed by atoms with Crippen molar-refractivity contribution in [3.05, 3.63) is 46.2 Å². The zero-order valence-electron chi connectivity index (χ0n) is 10.9. The second-order valence-corrected chi connectivity index (χ2v) is 4.77. The molecule has 0 aliphatic heterocycles. The monoisotopic (exact) mass is 278 g/mol. The Balaban J connectivity index is 2.55. The number of carboxylic acid groups (broad SMARTS) is 1. The van der Waals surface area contributed by atoms with E-state index in [9.17, 15) is 9.90 Å². The van der Waals surface area contributed by atoms with Crippen LogP contribution >= 0.6 is 11.6 Å². The summed E-state index contributed by atoms with van der Waals surface area (Å²) in [6, 6.07) is 7.62. The first-order valence-corrected chi connectivity index (χ1v) is 6.50. The van der Waals surface area contributed by atoms with Crippen LogP contribution in [-0.4, -0.2) is 20.9 Å². The molecule has 0 saturated heterocycles. The summed E-state index contributed by atoms with van der Waals surface area (Å²) in [7, 11) is 0. The van der Waals surface area contributed by atoms with Gasteiger partial charge in [-0.3, -0.25) is 0 Å². The lowest BCUT2D eigenvalue weighted by Gasteiger charge is -2.03. The van der Waals surface area contributed by atoms with Crippen LogP contribution in [0.15, 0.2) is 24.3 Å². The minimum atomic E-state index is -1.04. The maximum absolute atomic E-state index is 11.3. The molecule has 0 amide bonds. The molecule has 0 aliphatic rings. The van der Waals surface area contributed by atoms with Gasteiger partial charge in [-0.15, -0.1) is 0 Å². The van der Waals surface area contributed by atoms with Gasteiger partial charge in [-0.05, 0) is 25.5 Å². The van der Waals surface area contributed by atoms with Gasteiger partial charge >= 0.3 is 5.97 Å². The molecule has 4 nitrogen and oxygen atoms in total. The standard InChI is InChI=1S/C14H15ClN2O2/c1-3-4-11-12(14(18)19)13(15)17(16-11)10-7-5-9(2)6-8-10/h5-8H,3-4H2,1-2H3,(H,18,19). The summed E-state index contributed by atoms with van der Waals surface area (Å²) in [6.45, 7) is 3.96. The molecule has 0 saturated carbocycles. The maximum Gasteiger partial charge on any atom is 0.340 e. The van der Waals surface area contributed by atoms with E-state index in [2.05, 4.69) is 5.10 Å². The molecule has 0 bridgehead atoms. The summed E-state index contributed by atoms with van der Waals surface area (Å²) < 4.78 is 1.48. The molecule has 0 atom stereocenters. The number of halogens is 1. The molecule has 2 rings (SSSR count). The van der Waals surface area contributed by atoms with Gasteiger partial charge in [-0.25, -0.2) is 9.48 Å². The van der Waals surface area contributed by atoms with E-state index in [0.717, 1.165) is 17.7 Å². The number of hydrogen-bond acceptors (Lipinski definition) is 2. The van der Waals surface area contributed by atoms with Gasteiger partial charge in [-0.2, -0.15) is 5.10 Å². The van der Waals surface area contributed by atoms with Gasteiger partial charge in [0.1, 0.15) is 10.7 Å². The van der Waals surface area contributed by atoms with E-state index in [1.54, 1.807) is 0 Å². The zero-order chi connectivity index (χ0) is 14.0. The number of benzene rings is 1. The first kappa shape index (κ1) is 13.6. The van der Waals surface area contributed by atoms with Gasteiger partial charge in [0.25, 0.3) is 0 Å². The van der Waals surface area contributed by atoms with Crippen LogP contribution in [0.4, 0.5) is 0 Å². The quantitative estimate of drug-likeness (QED) is 0.931. The summed E-state index contributed by atoms with van der Waals surface area (Å²) >= 11 is 6.15. The normalized spacial score (nSPS) is 10.7. The highest BCUT2D eigenvalue weighted by Gasteiger charge is 2.22. The fourth-order valence-electron chi connectivity index (χ4n) is 1.92. The number of hydrogen-bond donors (Lipinski definition) is 1. The Labute approximate surface area is 116 Å². The van der Waals surface area contributed by atoms with Gasteiger partial charge in [0.15, 0.2) is 0 Å². The summed E-state index contributed by atoms with van der Waals surface area (Å²) in [5, 5.41) is 13.7. The summed E-state index contributed by atoms with van der Waals surface area (Å²) in [5.41, 5.74) is 2.52. The topological polar surface area (TPSA) is 55.1 Å². The lowest BCUT2D eigenvalue weighted by molar-refractivity contribution is 0.0696. The largest absolute Gasteiger partial charge is 0.478 e. The highest BCUT2D eigenvalue weighted by molar-refractivity contribution is 6.32. The van der Waals surface area contributed by atoms with Gasteiger partial charge < -0.3 is 5.11 Å². The Kier molecular flexibility index (Phi) is 3.90. The highest BCUT2D eigenvalue weighted by Crippen LogP contribution is 2.25. The molecule has 0 unspecified atom stereocenters. The predicted molar refractivity (Wildman–Crippen MR) is 74.3 cm³/mol. The molecule has 0 aliphatic carbocycles. The van der Waals surface area contributed by atoms with Crippen LogP contribution in [-0.2, 0) is 6.42 Å². The zero-order valence-corrected chi connectivity index (χ0v) is 11.6. The fraction of sp³-hybridized carbons (Fsp3) is 0.286. The Morgan fingerprint density at radius 2 is 2.00 bits per heavy atom. The van der Waals surface area contributed by atoms with Crippen molar-refractivity contribution in [2.75, 3.05) is 0 Å². The molecule has 0 fully saturated rings. The molecule has 1 aromatic carbocycles. The van der Waals surface area contributed by atoms with Crippen LogP contribution in [0.5, 0.6) is 0 Å². The third-order valence-corrected chi connectivity index (χ3v) is 3.23. The predicted octanol–water partition coefficient (Wildman–Crippen LogP) is 3.48. The van der Waals surface area contributed by atoms with Gasteiger partial charge in [0, 0.05) is 0 Å². The molecular weight excluding hydrogens is 264 g/mol. The lowest BCUT2D eigenvalue weighted by Crippen LogP contribution is -2.00. The number of aromatic carboxylic acids is 1. The lowest BCUT2D eigenvalue weighted by atomic mass is 10.2. The summed E-state index contributed by atoms with van der Waals surface area (Å²) in [6.07, 6.45) is 1.42. The smallest absolute Gasteiger partial charge is 0.340 e. The number of aryl methyl sites for hydroxylation is 2. The van der Waals surface area contributed by atoms with Gasteiger partial charge in [0.2, 0.25) is 0 Å². The molecule has 5 heteroatoms. The Morgan fingerprint density at radius 3 is 2.53 bits per heavy atom. The fourth-order valence-corrected chi connectivity index (χ4v) is 2.25. The van der Waals surface area contributed by atoms with Crippen molar-refractivity contribution in [2.45, 2.75) is 26.7 Å². The van der Waals surface area contributed by atoms with Crippen LogP contribution in [0, 0.1) is 6.92 Å². The van der Waals surface area contributed by atoms with Gasteiger partial charge in [-0.1, -0.05) is 42.6 Å². The molecule has 2 aromatic rings. The van der Waals surface area contributed by atoms with Crippen molar-refractivity contribution in [1.82, 2.24) is 9.78 Å². The van der Waals surface area contributed by atoms with Crippen molar-refractivity contribution in [1.29, 1.82) is 0 Å². The Bertz CT molecular complexity index is 603. The molecule has 19 heavy (non-hydrogen) atoms. The average Bonchev–Trinajstić information content (AvgIpc) is 2.68. The minimum Gasteiger partial charge on any atom is -0.478 e. The number of rotatable bonds is 4. The first-order chi connectivity index (χ1) is 9.04. The van der Waals surface area contributed by atoms with Crippen molar-refractivity contribution < 1.29 is 9.90 Å². The molecule has 1 aromatic heterocycles. The molecule has 100 valence electrons. The number of aromatic nitrogens is 2. The van der Waals surface area contributed by atoms with Crippen molar-refractivity contribution in [3.8, 4) is 5.69 Å². The van der Waals surface area contributed by atoms with Crippen LogP contribution in [0.1, 0.15) is 35.0 Å². The van der Waals surface area contributed by atoms with Crippen LogP contribution in [0.3, 0.4) is 0 Å². The molecule has 1 N–H and O–H groups in total. The summed E-state index contributed by atoms with van der Waals surface area (Å²) in [4.78, 5) is 11.3. The number of nitrogens with zero attached hydrogens (tertiary/aromatic N) is 2. The van der Waals surface area contributed by atoms with Crippen molar-refractivity contribution in [2.24, 2.45) is 0 Å². The van der Waals surface area contributed by atoms with E-state index in [0.29, 0.717) is 12.1 Å². The van der Waals surface area contributed by atoms with Crippen LogP contribution in [0.25, 0.3) is 5.69 Å². The van der Waals surface area contributed by atoms with E-state index >= 15 is 0 Å². The molecule has 1 heterocycles. The second-order valence-electron chi connectivity index (χ2n) is 4.42. The van der Waals surface area contributed by atoms with E-state index < -0.39 is 5.97 Å². The SMILES string of the molecule is CCCc1nn(-c2ccc(C)cc2)c(Cl)c1C(=O)O. The van der Waals surface area contributed by atoms with E-state index in [-0.39, 0.29) is 10.7 Å². The molecular formula is C14H15ClN2O2. The third kappa shape index (κ3) is 2.63. The van der Waals surface area contributed by atoms with Crippen LogP contribution < -0.4 is 0 Å². The third-order valence-electron chi connectivity index (χ3n) is 2.88. The Hall–Kier alpha value is -1.81. The van der Waals surface area contributed by atoms with E-state index in [1.807, 2.05) is 38.1 Å². The van der Waals surface area contributed by atoms with Crippen molar-refractivity contribution >= 4 is 17.6 Å². The molecule has 0 spiro atoms. The van der Waals surface area contributed by atoms with Crippen molar-refractivity contribution in [3.63, 3.8) is 0 Å². The maximum atomic E-state index is 11.3. The number of carbonyl (C=O) groups is 1. The van der Waals surface area contributed by atoms with Crippen LogP contribution in [0.2, 0.25) is 5.15 Å². The minimum absolute atomic E-state index is 0.101. The highest BCUT2D eigenvalue weighted by atomic mass is 35.5. The number of carboxylic acids is 1. The molecule has 0 radical (unpaired) electrons. The van der Waals surface area contributed by atoms with E-state index in [1.165, 1.54) is 4.68 Å².